The van der Waals surface area contributed by atoms with E-state index >= 15 is 0 Å². The van der Waals surface area contributed by atoms with Gasteiger partial charge in [0.1, 0.15) is 23.9 Å². The highest BCUT2D eigenvalue weighted by Crippen LogP contribution is 2.12. The van der Waals surface area contributed by atoms with Crippen LogP contribution >= 0.6 is 0 Å². The molecule has 38 heavy (non-hydrogen) atoms. The van der Waals surface area contributed by atoms with Crippen LogP contribution in [0.3, 0.4) is 0 Å². The highest BCUT2D eigenvalue weighted by Gasteiger charge is 2.31. The molecule has 0 spiro atoms. The molecule has 0 unspecified atom stereocenters. The van der Waals surface area contributed by atoms with Crippen LogP contribution < -0.4 is 27.0 Å². The summed E-state index contributed by atoms with van der Waals surface area (Å²) in [5, 5.41) is 28.6. The topological polar surface area (TPSA) is 200 Å². The summed E-state index contributed by atoms with van der Waals surface area (Å²) in [6.07, 6.45) is 0.0525. The lowest BCUT2D eigenvalue weighted by Gasteiger charge is -2.27. The number of hydrogen-bond acceptors (Lipinski definition) is 7. The Morgan fingerprint density at radius 2 is 1.21 bits per heavy atom. The summed E-state index contributed by atoms with van der Waals surface area (Å²) in [5.74, 6) is -3.73. The van der Waals surface area contributed by atoms with Gasteiger partial charge in [0.05, 0.1) is 12.5 Å². The van der Waals surface area contributed by atoms with Gasteiger partial charge in [0.2, 0.25) is 23.6 Å². The molecule has 0 saturated heterocycles. The zero-order valence-corrected chi connectivity index (χ0v) is 22.6. The Balaban J connectivity index is 3.00. The summed E-state index contributed by atoms with van der Waals surface area (Å²) in [6, 6.07) is 1.94. The summed E-state index contributed by atoms with van der Waals surface area (Å²) in [6.45, 7) is 7.44. The zero-order chi connectivity index (χ0) is 29.0. The van der Waals surface area contributed by atoms with Gasteiger partial charge < -0.3 is 37.2 Å². The molecule has 1 aromatic carbocycles. The molecule has 0 aliphatic carbocycles. The zero-order valence-electron chi connectivity index (χ0n) is 22.6. The lowest BCUT2D eigenvalue weighted by Crippen LogP contribution is -2.58. The molecular weight excluding hydrogens is 494 g/mol. The number of likely N-dealkylation sites (N-methyl/N-ethyl adjacent to an activating group) is 1. The number of nitrogens with one attached hydrogen (secondary N) is 4. The van der Waals surface area contributed by atoms with E-state index in [4.69, 9.17) is 10.8 Å². The van der Waals surface area contributed by atoms with Crippen LogP contribution in [0.1, 0.15) is 52.5 Å². The lowest BCUT2D eigenvalue weighted by molar-refractivity contribution is -0.141. The minimum atomic E-state index is -1.32. The highest BCUT2D eigenvalue weighted by atomic mass is 16.4. The van der Waals surface area contributed by atoms with E-state index in [1.54, 1.807) is 12.1 Å². The first-order valence-electron chi connectivity index (χ1n) is 12.6. The van der Waals surface area contributed by atoms with E-state index in [9.17, 15) is 29.1 Å². The van der Waals surface area contributed by atoms with Crippen molar-refractivity contribution in [3.63, 3.8) is 0 Å². The third-order valence-corrected chi connectivity index (χ3v) is 5.67. The predicted octanol–water partition coefficient (Wildman–Crippen LogP) is 0.0293. The number of carbonyl (C=O) groups excluding carboxylic acids is 4. The van der Waals surface area contributed by atoms with E-state index in [1.165, 1.54) is 19.2 Å². The van der Waals surface area contributed by atoms with E-state index in [-0.39, 0.29) is 36.8 Å². The van der Waals surface area contributed by atoms with Crippen molar-refractivity contribution >= 4 is 29.6 Å². The Labute approximate surface area is 223 Å². The monoisotopic (exact) mass is 535 g/mol. The van der Waals surface area contributed by atoms with Gasteiger partial charge in [-0.05, 0) is 48.8 Å². The molecule has 0 aliphatic rings. The first-order valence-corrected chi connectivity index (χ1v) is 12.6. The molecule has 0 bridgehead atoms. The number of rotatable bonds is 15. The number of aromatic hydroxyl groups is 1. The van der Waals surface area contributed by atoms with Gasteiger partial charge in [0.15, 0.2) is 0 Å². The maximum Gasteiger partial charge on any atom is 0.305 e. The number of amides is 4. The van der Waals surface area contributed by atoms with Gasteiger partial charge in [0.25, 0.3) is 0 Å². The fourth-order valence-electron chi connectivity index (χ4n) is 3.77. The van der Waals surface area contributed by atoms with Crippen molar-refractivity contribution in [3.8, 4) is 5.75 Å². The molecule has 0 aliphatic heterocycles. The number of carboxylic acid groups (broad SMARTS) is 1. The third-order valence-electron chi connectivity index (χ3n) is 5.67. The van der Waals surface area contributed by atoms with Crippen LogP contribution in [-0.2, 0) is 30.4 Å². The fraction of sp³-hybridized carbons (Fsp3) is 0.577. The number of aliphatic carboxylic acids is 1. The molecule has 0 radical (unpaired) electrons. The summed E-state index contributed by atoms with van der Waals surface area (Å²) in [7, 11) is 1.32. The number of phenolic OH excluding ortho intramolecular Hbond substituents is 1. The first-order chi connectivity index (χ1) is 17.7. The van der Waals surface area contributed by atoms with Gasteiger partial charge in [0, 0.05) is 7.05 Å². The summed E-state index contributed by atoms with van der Waals surface area (Å²) in [4.78, 5) is 62.3. The van der Waals surface area contributed by atoms with E-state index in [1.807, 2.05) is 27.7 Å². The van der Waals surface area contributed by atoms with Gasteiger partial charge in [-0.15, -0.1) is 0 Å². The quantitative estimate of drug-likeness (QED) is 0.163. The smallest absolute Gasteiger partial charge is 0.305 e. The predicted molar refractivity (Wildman–Crippen MR) is 141 cm³/mol. The second-order valence-electron chi connectivity index (χ2n) is 10.1. The molecule has 212 valence electrons. The molecule has 1 rings (SSSR count). The summed E-state index contributed by atoms with van der Waals surface area (Å²) < 4.78 is 0. The van der Waals surface area contributed by atoms with Gasteiger partial charge in [-0.3, -0.25) is 24.0 Å². The number of benzene rings is 1. The Morgan fingerprint density at radius 1 is 0.763 bits per heavy atom. The van der Waals surface area contributed by atoms with Crippen LogP contribution in [0.5, 0.6) is 5.75 Å². The van der Waals surface area contributed by atoms with Crippen molar-refractivity contribution in [2.24, 2.45) is 17.6 Å². The number of carbonyl (C=O) groups is 5. The van der Waals surface area contributed by atoms with Crippen LogP contribution in [0, 0.1) is 11.8 Å². The minimum absolute atomic E-state index is 0.0185. The van der Waals surface area contributed by atoms with Gasteiger partial charge in [-0.25, -0.2) is 0 Å². The normalized spacial score (nSPS) is 14.2. The van der Waals surface area contributed by atoms with Crippen LogP contribution in [0.2, 0.25) is 0 Å². The van der Waals surface area contributed by atoms with Crippen molar-refractivity contribution in [2.45, 2.75) is 77.5 Å². The SMILES string of the molecule is CNC(=O)[C@H](CC(=O)O)NC(=O)[C@H](CC(C)C)NC(=O)[C@H](CC(C)C)NC(=O)[C@@H](N)Cc1ccc(O)cc1. The standard InChI is InChI=1S/C26H41N5O7/c1-14(2)10-19(29-23(35)18(27)12-16-6-8-17(32)9-7-16)25(37)30-20(11-15(3)4)26(38)31-21(13-22(33)34)24(36)28-5/h6-9,14-15,18-21,32H,10-13,27H2,1-5H3,(H,28,36)(H,29,35)(H,30,37)(H,31,38)(H,33,34)/t18-,19-,20-,21-/m0/s1. The molecule has 0 heterocycles. The average Bonchev–Trinajstić information content (AvgIpc) is 2.82. The van der Waals surface area contributed by atoms with Gasteiger partial charge in [-0.1, -0.05) is 39.8 Å². The van der Waals surface area contributed by atoms with Crippen molar-refractivity contribution in [2.75, 3.05) is 7.05 Å². The van der Waals surface area contributed by atoms with E-state index in [0.29, 0.717) is 0 Å². The Morgan fingerprint density at radius 3 is 1.63 bits per heavy atom. The van der Waals surface area contributed by atoms with Crippen LogP contribution in [0.25, 0.3) is 0 Å². The van der Waals surface area contributed by atoms with Crippen molar-refractivity contribution in [3.05, 3.63) is 29.8 Å². The molecule has 4 amide bonds. The van der Waals surface area contributed by atoms with Gasteiger partial charge >= 0.3 is 5.97 Å². The third kappa shape index (κ3) is 11.6. The molecule has 1 aromatic rings. The van der Waals surface area contributed by atoms with E-state index in [0.717, 1.165) is 5.56 Å². The molecule has 0 saturated carbocycles. The summed E-state index contributed by atoms with van der Waals surface area (Å²) >= 11 is 0. The van der Waals surface area contributed by atoms with Crippen molar-refractivity contribution < 1.29 is 34.2 Å². The largest absolute Gasteiger partial charge is 0.508 e. The maximum absolute atomic E-state index is 13.2. The molecule has 8 N–H and O–H groups in total. The summed E-state index contributed by atoms with van der Waals surface area (Å²) in [5.41, 5.74) is 6.79. The molecule has 12 heteroatoms. The van der Waals surface area contributed by atoms with Crippen LogP contribution in [-0.4, -0.2) is 71.0 Å². The highest BCUT2D eigenvalue weighted by molar-refractivity contribution is 5.95. The average molecular weight is 536 g/mol. The van der Waals surface area contributed by atoms with Crippen LogP contribution in [0.4, 0.5) is 0 Å². The molecule has 0 aromatic heterocycles. The van der Waals surface area contributed by atoms with Gasteiger partial charge in [-0.2, -0.15) is 0 Å². The fourth-order valence-corrected chi connectivity index (χ4v) is 3.77. The Hall–Kier alpha value is -3.67. The second kappa shape index (κ2) is 15.6. The molecule has 4 atom stereocenters. The number of nitrogens with two attached hydrogens (primary N) is 1. The Bertz CT molecular complexity index is 965. The molecule has 12 nitrogen and oxygen atoms in total. The minimum Gasteiger partial charge on any atom is -0.508 e. The number of phenols is 1. The number of carboxylic acids is 1. The first kappa shape index (κ1) is 32.4. The lowest BCUT2D eigenvalue weighted by atomic mass is 9.99. The van der Waals surface area contributed by atoms with E-state index < -0.39 is 60.2 Å². The number of hydrogen-bond donors (Lipinski definition) is 7. The maximum atomic E-state index is 13.2. The van der Waals surface area contributed by atoms with Crippen molar-refractivity contribution in [1.29, 1.82) is 0 Å². The Kier molecular flexibility index (Phi) is 13.2. The second-order valence-corrected chi connectivity index (χ2v) is 10.1. The van der Waals surface area contributed by atoms with Crippen molar-refractivity contribution in [1.82, 2.24) is 21.3 Å². The molecule has 0 fully saturated rings. The van der Waals surface area contributed by atoms with Crippen LogP contribution in [0.15, 0.2) is 24.3 Å². The van der Waals surface area contributed by atoms with E-state index in [2.05, 4.69) is 21.3 Å². The molecular formula is C26H41N5O7.